The average Bonchev–Trinajstić information content (AvgIpc) is 2.90. The summed E-state index contributed by atoms with van der Waals surface area (Å²) in [7, 11) is 0. The molecule has 9 heteroatoms. The van der Waals surface area contributed by atoms with Crippen LogP contribution >= 0.6 is 0 Å². The van der Waals surface area contributed by atoms with Crippen LogP contribution in [0.2, 0.25) is 0 Å². The van der Waals surface area contributed by atoms with Crippen molar-refractivity contribution < 1.29 is 13.9 Å². The molecular formula is C14H10F2N6O. The van der Waals surface area contributed by atoms with Crippen molar-refractivity contribution in [3.8, 4) is 6.07 Å². The van der Waals surface area contributed by atoms with Gasteiger partial charge < -0.3 is 15.0 Å². The second-order valence-electron chi connectivity index (χ2n) is 4.62. The third kappa shape index (κ3) is 2.93. The first kappa shape index (κ1) is 14.8. The fourth-order valence-corrected chi connectivity index (χ4v) is 2.12. The van der Waals surface area contributed by atoms with E-state index in [9.17, 15) is 8.78 Å². The largest absolute Gasteiger partial charge is 0.395 e. The summed E-state index contributed by atoms with van der Waals surface area (Å²) in [5.41, 5.74) is 0.787. The molecule has 0 radical (unpaired) electrons. The van der Waals surface area contributed by atoms with E-state index >= 15 is 0 Å². The molecule has 3 rings (SSSR count). The minimum Gasteiger partial charge on any atom is -0.395 e. The van der Waals surface area contributed by atoms with E-state index < -0.39 is 11.6 Å². The van der Waals surface area contributed by atoms with Crippen molar-refractivity contribution in [3.63, 3.8) is 0 Å². The van der Waals surface area contributed by atoms with E-state index in [0.717, 1.165) is 18.2 Å². The molecule has 1 aromatic carbocycles. The van der Waals surface area contributed by atoms with Gasteiger partial charge >= 0.3 is 0 Å². The number of aliphatic hydroxyl groups is 1. The zero-order valence-electron chi connectivity index (χ0n) is 11.7. The molecule has 23 heavy (non-hydrogen) atoms. The van der Waals surface area contributed by atoms with Crippen LogP contribution in [0.5, 0.6) is 0 Å². The summed E-state index contributed by atoms with van der Waals surface area (Å²) in [6.07, 6.45) is 1.44. The highest BCUT2D eigenvalue weighted by molar-refractivity contribution is 5.85. The molecule has 2 heterocycles. The van der Waals surface area contributed by atoms with Gasteiger partial charge in [-0.3, -0.25) is 0 Å². The number of aromatic nitrogens is 4. The van der Waals surface area contributed by atoms with Crippen LogP contribution in [0.1, 0.15) is 5.82 Å². The number of benzene rings is 1. The molecule has 0 fully saturated rings. The molecule has 0 aliphatic heterocycles. The van der Waals surface area contributed by atoms with Crippen molar-refractivity contribution >= 4 is 22.7 Å². The zero-order chi connectivity index (χ0) is 16.4. The number of nitriles is 1. The number of nitrogens with one attached hydrogen (secondary N) is 1. The summed E-state index contributed by atoms with van der Waals surface area (Å²) >= 11 is 0. The molecule has 0 bridgehead atoms. The first-order valence-corrected chi connectivity index (χ1v) is 6.57. The van der Waals surface area contributed by atoms with E-state index in [2.05, 4.69) is 20.3 Å². The highest BCUT2D eigenvalue weighted by Crippen LogP contribution is 2.24. The Bertz CT molecular complexity index is 897. The van der Waals surface area contributed by atoms with Gasteiger partial charge in [-0.25, -0.2) is 13.8 Å². The standard InChI is InChI=1S/C14H10F2N6O/c15-8-3-9(16)5-10(4-8)19-13-12-14(21-11(6-17)20-13)22(1-2-23)7-18-12/h3-5,7,23H,1-2H2,(H,19,20,21). The summed E-state index contributed by atoms with van der Waals surface area (Å²) in [5.74, 6) is -1.47. The van der Waals surface area contributed by atoms with Gasteiger partial charge in [0.05, 0.1) is 12.9 Å². The van der Waals surface area contributed by atoms with Crippen LogP contribution < -0.4 is 5.32 Å². The predicted molar refractivity (Wildman–Crippen MR) is 76.8 cm³/mol. The van der Waals surface area contributed by atoms with Crippen molar-refractivity contribution in [3.05, 3.63) is 42.0 Å². The first-order chi connectivity index (χ1) is 11.1. The molecular weight excluding hydrogens is 306 g/mol. The van der Waals surface area contributed by atoms with E-state index in [1.165, 1.54) is 6.33 Å². The maximum atomic E-state index is 13.3. The minimum atomic E-state index is -0.746. The molecule has 0 saturated carbocycles. The summed E-state index contributed by atoms with van der Waals surface area (Å²) < 4.78 is 28.1. The number of halogens is 2. The van der Waals surface area contributed by atoms with Crippen molar-refractivity contribution in [2.75, 3.05) is 11.9 Å². The van der Waals surface area contributed by atoms with Gasteiger partial charge in [-0.15, -0.1) is 0 Å². The first-order valence-electron chi connectivity index (χ1n) is 6.57. The maximum absolute atomic E-state index is 13.3. The minimum absolute atomic E-state index is 0.128. The van der Waals surface area contributed by atoms with E-state index in [-0.39, 0.29) is 30.5 Å². The quantitative estimate of drug-likeness (QED) is 0.760. The van der Waals surface area contributed by atoms with Crippen LogP contribution in [0.25, 0.3) is 11.2 Å². The number of aliphatic hydroxyl groups excluding tert-OH is 1. The molecule has 2 aromatic heterocycles. The lowest BCUT2D eigenvalue weighted by Gasteiger charge is -2.07. The number of hydrogen-bond acceptors (Lipinski definition) is 6. The lowest BCUT2D eigenvalue weighted by atomic mass is 10.3. The normalized spacial score (nSPS) is 10.7. The van der Waals surface area contributed by atoms with Crippen LogP contribution in [0.4, 0.5) is 20.3 Å². The second kappa shape index (κ2) is 5.94. The Morgan fingerprint density at radius 2 is 1.96 bits per heavy atom. The Labute approximate surface area is 128 Å². The SMILES string of the molecule is N#Cc1nc(Nc2cc(F)cc(F)c2)c2ncn(CCO)c2n1. The molecule has 2 N–H and O–H groups in total. The number of nitrogens with zero attached hydrogens (tertiary/aromatic N) is 5. The zero-order valence-corrected chi connectivity index (χ0v) is 11.7. The predicted octanol–water partition coefficient (Wildman–Crippen LogP) is 1.71. The smallest absolute Gasteiger partial charge is 0.236 e. The fourth-order valence-electron chi connectivity index (χ4n) is 2.12. The van der Waals surface area contributed by atoms with Gasteiger partial charge in [-0.05, 0) is 12.1 Å². The van der Waals surface area contributed by atoms with Gasteiger partial charge in [0.15, 0.2) is 17.0 Å². The van der Waals surface area contributed by atoms with E-state index in [0.29, 0.717) is 11.2 Å². The third-order valence-electron chi connectivity index (χ3n) is 3.03. The van der Waals surface area contributed by atoms with Crippen LogP contribution in [0, 0.1) is 23.0 Å². The molecule has 0 amide bonds. The van der Waals surface area contributed by atoms with Crippen LogP contribution in [0.15, 0.2) is 24.5 Å². The van der Waals surface area contributed by atoms with E-state index in [1.807, 2.05) is 6.07 Å². The number of rotatable bonds is 4. The Hall–Kier alpha value is -3.12. The third-order valence-corrected chi connectivity index (χ3v) is 3.03. The second-order valence-corrected chi connectivity index (χ2v) is 4.62. The molecule has 0 atom stereocenters. The molecule has 0 aliphatic rings. The molecule has 0 saturated heterocycles. The molecule has 116 valence electrons. The highest BCUT2D eigenvalue weighted by Gasteiger charge is 2.14. The molecule has 0 spiro atoms. The monoisotopic (exact) mass is 316 g/mol. The van der Waals surface area contributed by atoms with Gasteiger partial charge in [-0.2, -0.15) is 15.2 Å². The highest BCUT2D eigenvalue weighted by atomic mass is 19.1. The lowest BCUT2D eigenvalue weighted by molar-refractivity contribution is 0.277. The van der Waals surface area contributed by atoms with E-state index in [4.69, 9.17) is 10.4 Å². The Morgan fingerprint density at radius 3 is 2.61 bits per heavy atom. The Kier molecular flexibility index (Phi) is 3.82. The van der Waals surface area contributed by atoms with Crippen molar-refractivity contribution in [1.82, 2.24) is 19.5 Å². The number of anilines is 2. The van der Waals surface area contributed by atoms with Crippen LogP contribution in [0.3, 0.4) is 0 Å². The van der Waals surface area contributed by atoms with Crippen molar-refractivity contribution in [2.45, 2.75) is 6.54 Å². The van der Waals surface area contributed by atoms with Gasteiger partial charge in [0, 0.05) is 18.3 Å². The fraction of sp³-hybridized carbons (Fsp3) is 0.143. The van der Waals surface area contributed by atoms with Crippen LogP contribution in [-0.2, 0) is 6.54 Å². The molecule has 0 aliphatic carbocycles. The summed E-state index contributed by atoms with van der Waals surface area (Å²) in [6, 6.07) is 4.74. The molecule has 0 unspecified atom stereocenters. The molecule has 7 nitrogen and oxygen atoms in total. The van der Waals surface area contributed by atoms with Gasteiger partial charge in [0.1, 0.15) is 17.7 Å². The van der Waals surface area contributed by atoms with Crippen molar-refractivity contribution in [2.24, 2.45) is 0 Å². The van der Waals surface area contributed by atoms with Crippen molar-refractivity contribution in [1.29, 1.82) is 5.26 Å². The summed E-state index contributed by atoms with van der Waals surface area (Å²) in [4.78, 5) is 12.1. The average molecular weight is 316 g/mol. The summed E-state index contributed by atoms with van der Waals surface area (Å²) in [6.45, 7) is 0.113. The number of imidazole rings is 1. The summed E-state index contributed by atoms with van der Waals surface area (Å²) in [5, 5.41) is 20.8. The molecule has 3 aromatic rings. The van der Waals surface area contributed by atoms with E-state index in [1.54, 1.807) is 4.57 Å². The lowest BCUT2D eigenvalue weighted by Crippen LogP contribution is -2.04. The Morgan fingerprint density at radius 1 is 1.22 bits per heavy atom. The number of fused-ring (bicyclic) bond motifs is 1. The maximum Gasteiger partial charge on any atom is 0.236 e. The van der Waals surface area contributed by atoms with Gasteiger partial charge in [-0.1, -0.05) is 0 Å². The Balaban J connectivity index is 2.10. The topological polar surface area (TPSA) is 99.7 Å². The number of hydrogen-bond donors (Lipinski definition) is 2. The van der Waals surface area contributed by atoms with Crippen LogP contribution in [-0.4, -0.2) is 31.2 Å². The van der Waals surface area contributed by atoms with Gasteiger partial charge in [0.25, 0.3) is 0 Å². The van der Waals surface area contributed by atoms with Gasteiger partial charge in [0.2, 0.25) is 5.82 Å².